The molecule has 0 bridgehead atoms. The van der Waals surface area contributed by atoms with Gasteiger partial charge in [0.05, 0.1) is 16.8 Å². The molecule has 198 valence electrons. The molecule has 0 spiro atoms. The summed E-state index contributed by atoms with van der Waals surface area (Å²) >= 11 is 0. The number of aryl methyl sites for hydroxylation is 1. The summed E-state index contributed by atoms with van der Waals surface area (Å²) in [5, 5.41) is 3.04. The van der Waals surface area contributed by atoms with Gasteiger partial charge in [0.15, 0.2) is 0 Å². The van der Waals surface area contributed by atoms with Crippen molar-refractivity contribution in [2.24, 2.45) is 0 Å². The van der Waals surface area contributed by atoms with Crippen LogP contribution < -0.4 is 10.2 Å². The molecule has 36 heavy (non-hydrogen) atoms. The van der Waals surface area contributed by atoms with Gasteiger partial charge < -0.3 is 10.1 Å². The van der Waals surface area contributed by atoms with Gasteiger partial charge in [-0.15, -0.1) is 0 Å². The third kappa shape index (κ3) is 6.68. The predicted molar refractivity (Wildman–Crippen MR) is 120 cm³/mol. The Morgan fingerprint density at radius 3 is 2.28 bits per heavy atom. The molecule has 0 aromatic heterocycles. The first-order chi connectivity index (χ1) is 16.5. The van der Waals surface area contributed by atoms with Gasteiger partial charge in [0.2, 0.25) is 0 Å². The molecule has 0 radical (unpaired) electrons. The fourth-order valence-corrected chi connectivity index (χ4v) is 4.14. The van der Waals surface area contributed by atoms with Crippen LogP contribution in [0.2, 0.25) is 0 Å². The van der Waals surface area contributed by atoms with E-state index in [9.17, 15) is 35.5 Å². The van der Waals surface area contributed by atoms with Crippen molar-refractivity contribution in [1.82, 2.24) is 5.32 Å². The van der Waals surface area contributed by atoms with Gasteiger partial charge in [-0.2, -0.15) is 26.3 Å². The number of carbonyl (C=O) groups is 1. The molecule has 3 rings (SSSR count). The summed E-state index contributed by atoms with van der Waals surface area (Å²) in [6, 6.07) is 3.80. The number of nitrogens with one attached hydrogen (secondary N) is 1. The maximum absolute atomic E-state index is 13.8. The van der Waals surface area contributed by atoms with E-state index in [0.717, 1.165) is 23.1 Å². The van der Waals surface area contributed by atoms with E-state index < -0.39 is 47.0 Å². The average Bonchev–Trinajstić information content (AvgIpc) is 2.87. The number of fused-ring (bicyclic) bond motifs is 1. The highest BCUT2D eigenvalue weighted by molar-refractivity contribution is 5.89. The van der Waals surface area contributed by atoms with Gasteiger partial charge in [-0.25, -0.2) is 9.18 Å². The van der Waals surface area contributed by atoms with E-state index in [-0.39, 0.29) is 29.9 Å². The van der Waals surface area contributed by atoms with Crippen LogP contribution in [-0.2, 0) is 23.6 Å². The molecule has 1 amide bonds. The molecule has 1 atom stereocenters. The Morgan fingerprint density at radius 1 is 1.03 bits per heavy atom. The average molecular weight is 520 g/mol. The van der Waals surface area contributed by atoms with Crippen molar-refractivity contribution in [3.05, 3.63) is 64.0 Å². The lowest BCUT2D eigenvalue weighted by molar-refractivity contribution is -0.138. The number of hydrogen-bond donors (Lipinski definition) is 1. The molecule has 1 aliphatic rings. The molecule has 0 saturated carbocycles. The minimum atomic E-state index is -4.73. The molecule has 1 heterocycles. The number of hydrogen-bond acceptors (Lipinski definition) is 3. The quantitative estimate of drug-likeness (QED) is 0.425. The topological polar surface area (TPSA) is 41.6 Å². The first kappa shape index (κ1) is 27.8. The monoisotopic (exact) mass is 520 g/mol. The van der Waals surface area contributed by atoms with Crippen molar-refractivity contribution in [3.63, 3.8) is 0 Å². The Bertz CT molecular complexity index is 1120. The van der Waals surface area contributed by atoms with Crippen LogP contribution in [0.5, 0.6) is 0 Å². The number of anilines is 1. The van der Waals surface area contributed by atoms with Crippen LogP contribution in [-0.4, -0.2) is 18.2 Å². The second-order valence-corrected chi connectivity index (χ2v) is 9.78. The van der Waals surface area contributed by atoms with Gasteiger partial charge in [0, 0.05) is 19.1 Å². The molecule has 2 aromatic carbocycles. The summed E-state index contributed by atoms with van der Waals surface area (Å²) < 4.78 is 99.5. The SMILES string of the molecule is Cc1cc2c(cc1C(F)(F)F)N(C(=O)OC(C)(C)C)CCC[C@@H]2NCc1cc(F)cc(C(F)(F)F)c1. The van der Waals surface area contributed by atoms with Crippen molar-refractivity contribution in [2.45, 2.75) is 71.1 Å². The van der Waals surface area contributed by atoms with Gasteiger partial charge >= 0.3 is 18.4 Å². The molecule has 0 aliphatic carbocycles. The number of amides is 1. The lowest BCUT2D eigenvalue weighted by Crippen LogP contribution is -2.37. The number of benzene rings is 2. The molecule has 2 aromatic rings. The highest BCUT2D eigenvalue weighted by Crippen LogP contribution is 2.41. The zero-order valence-corrected chi connectivity index (χ0v) is 20.2. The van der Waals surface area contributed by atoms with E-state index in [1.54, 1.807) is 20.8 Å². The molecule has 0 saturated heterocycles. The number of carbonyl (C=O) groups excluding carboxylic acids is 1. The van der Waals surface area contributed by atoms with Crippen LogP contribution in [0.4, 0.5) is 41.2 Å². The van der Waals surface area contributed by atoms with E-state index in [0.29, 0.717) is 24.5 Å². The Balaban J connectivity index is 2.00. The van der Waals surface area contributed by atoms with E-state index in [1.807, 2.05) is 0 Å². The smallest absolute Gasteiger partial charge is 0.416 e. The lowest BCUT2D eigenvalue weighted by Gasteiger charge is -2.29. The molecular weight excluding hydrogens is 493 g/mol. The normalized spacial score (nSPS) is 17.0. The van der Waals surface area contributed by atoms with Crippen LogP contribution in [0.25, 0.3) is 0 Å². The molecule has 1 N–H and O–H groups in total. The number of alkyl halides is 6. The standard InChI is InChI=1S/C25H27F7N2O2/c1-14-8-18-20(33-13-15-9-16(24(27,28)29)11-17(26)10-15)6-5-7-34(22(35)36-23(2,3)4)21(18)12-19(14)25(30,31)32/h8-12,20,33H,5-7,13H2,1-4H3/t20-/m0/s1. The minimum absolute atomic E-state index is 0.00685. The zero-order chi connectivity index (χ0) is 27.1. The van der Waals surface area contributed by atoms with Crippen molar-refractivity contribution < 1.29 is 40.3 Å². The van der Waals surface area contributed by atoms with E-state index in [2.05, 4.69) is 5.32 Å². The molecule has 0 unspecified atom stereocenters. The Kier molecular flexibility index (Phi) is 7.64. The molecule has 1 aliphatic heterocycles. The predicted octanol–water partition coefficient (Wildman–Crippen LogP) is 7.54. The van der Waals surface area contributed by atoms with Gasteiger partial charge in [0.1, 0.15) is 11.4 Å². The number of rotatable bonds is 3. The van der Waals surface area contributed by atoms with E-state index >= 15 is 0 Å². The van der Waals surface area contributed by atoms with E-state index in [1.165, 1.54) is 13.0 Å². The lowest BCUT2D eigenvalue weighted by atomic mass is 9.95. The van der Waals surface area contributed by atoms with E-state index in [4.69, 9.17) is 4.74 Å². The summed E-state index contributed by atoms with van der Waals surface area (Å²) in [7, 11) is 0. The fraction of sp³-hybridized carbons (Fsp3) is 0.480. The third-order valence-corrected chi connectivity index (χ3v) is 5.67. The second-order valence-electron chi connectivity index (χ2n) is 9.78. The minimum Gasteiger partial charge on any atom is -0.443 e. The maximum atomic E-state index is 13.8. The summed E-state index contributed by atoms with van der Waals surface area (Å²) in [4.78, 5) is 14.0. The molecule has 11 heteroatoms. The zero-order valence-electron chi connectivity index (χ0n) is 20.2. The highest BCUT2D eigenvalue weighted by atomic mass is 19.4. The van der Waals surface area contributed by atoms with Crippen molar-refractivity contribution in [1.29, 1.82) is 0 Å². The number of nitrogens with zero attached hydrogens (tertiary/aromatic N) is 1. The van der Waals surface area contributed by atoms with Gasteiger partial charge in [0.25, 0.3) is 0 Å². The molecule has 4 nitrogen and oxygen atoms in total. The molecular formula is C25H27F7N2O2. The Hall–Kier alpha value is -2.82. The molecule has 0 fully saturated rings. The second kappa shape index (κ2) is 9.91. The summed E-state index contributed by atoms with van der Waals surface area (Å²) in [5.74, 6) is -1.05. The summed E-state index contributed by atoms with van der Waals surface area (Å²) in [5.41, 5.74) is -2.59. The van der Waals surface area contributed by atoms with Crippen molar-refractivity contribution in [2.75, 3.05) is 11.4 Å². The first-order valence-corrected chi connectivity index (χ1v) is 11.3. The summed E-state index contributed by atoms with van der Waals surface area (Å²) in [6.45, 7) is 6.12. The number of halogens is 7. The fourth-order valence-electron chi connectivity index (χ4n) is 4.14. The summed E-state index contributed by atoms with van der Waals surface area (Å²) in [6.07, 6.45) is -9.45. The Morgan fingerprint density at radius 2 is 1.69 bits per heavy atom. The van der Waals surface area contributed by atoms with Gasteiger partial charge in [-0.05, 0) is 81.5 Å². The van der Waals surface area contributed by atoms with Gasteiger partial charge in [-0.1, -0.05) is 6.07 Å². The van der Waals surface area contributed by atoms with Gasteiger partial charge in [-0.3, -0.25) is 4.90 Å². The van der Waals surface area contributed by atoms with Crippen molar-refractivity contribution in [3.8, 4) is 0 Å². The van der Waals surface area contributed by atoms with Crippen LogP contribution in [0, 0.1) is 12.7 Å². The largest absolute Gasteiger partial charge is 0.443 e. The van der Waals surface area contributed by atoms with Crippen LogP contribution in [0.15, 0.2) is 30.3 Å². The third-order valence-electron chi connectivity index (χ3n) is 5.67. The first-order valence-electron chi connectivity index (χ1n) is 11.3. The van der Waals surface area contributed by atoms with Crippen molar-refractivity contribution >= 4 is 11.8 Å². The number of ether oxygens (including phenoxy) is 1. The van der Waals surface area contributed by atoms with Crippen LogP contribution in [0.3, 0.4) is 0 Å². The van der Waals surface area contributed by atoms with Crippen LogP contribution in [0.1, 0.15) is 67.5 Å². The maximum Gasteiger partial charge on any atom is 0.416 e. The Labute approximate surface area is 204 Å². The van der Waals surface area contributed by atoms with Crippen LogP contribution >= 0.6 is 0 Å². The highest BCUT2D eigenvalue weighted by Gasteiger charge is 2.37.